The number of fused-ring (bicyclic) bond motifs is 2. The van der Waals surface area contributed by atoms with Crippen LogP contribution >= 0.6 is 19.6 Å². The first kappa shape index (κ1) is 27.2. The third-order valence-electron chi connectivity index (χ3n) is 5.77. The zero-order valence-corrected chi connectivity index (χ0v) is 22.0. The van der Waals surface area contributed by atoms with E-state index in [2.05, 4.69) is 15.0 Å². The monoisotopic (exact) mass is 549 g/mol. The number of nitrogens with two attached hydrogens (primary N) is 1. The fraction of sp³-hybridized carbons (Fsp3) is 0.700. The highest BCUT2D eigenvalue weighted by Gasteiger charge is 2.61. The van der Waals surface area contributed by atoms with Crippen LogP contribution in [0.3, 0.4) is 0 Å². The summed E-state index contributed by atoms with van der Waals surface area (Å²) in [4.78, 5) is 24.5. The number of anilines is 1. The van der Waals surface area contributed by atoms with Crippen LogP contribution in [0, 0.1) is 5.41 Å². The summed E-state index contributed by atoms with van der Waals surface area (Å²) in [6, 6.07) is 0. The Bertz CT molecular complexity index is 1180. The predicted octanol–water partition coefficient (Wildman–Crippen LogP) is 2.25. The highest BCUT2D eigenvalue weighted by Crippen LogP contribution is 2.59. The molecule has 0 aromatic carbocycles. The van der Waals surface area contributed by atoms with Gasteiger partial charge in [0.25, 0.3) is 0 Å². The van der Waals surface area contributed by atoms with Crippen molar-refractivity contribution < 1.29 is 41.9 Å². The maximum Gasteiger partial charge on any atom is 0.475 e. The number of carbonyl (C=O) groups is 1. The van der Waals surface area contributed by atoms with Crippen molar-refractivity contribution in [3.63, 3.8) is 0 Å². The number of thioether (sulfide) groups is 1. The van der Waals surface area contributed by atoms with Gasteiger partial charge < -0.3 is 20.3 Å². The summed E-state index contributed by atoms with van der Waals surface area (Å²) in [5.74, 6) is 0.217. The third-order valence-corrected chi connectivity index (χ3v) is 8.41. The van der Waals surface area contributed by atoms with Crippen LogP contribution in [0.1, 0.15) is 33.9 Å². The number of hydrogen-bond acceptors (Lipinski definition) is 13. The average molecular weight is 550 g/mol. The lowest BCUT2D eigenvalue weighted by molar-refractivity contribution is -0.119. The number of carbonyl (C=O) groups excluding carboxylic acids is 1. The molecular formula is C20H29FN5O8PS. The molecule has 200 valence electrons. The molecular weight excluding hydrogens is 520 g/mol. The maximum atomic E-state index is 16.2. The second-order valence-corrected chi connectivity index (χ2v) is 11.8. The second kappa shape index (κ2) is 10.1. The number of phosphoric ester groups is 1. The van der Waals surface area contributed by atoms with Gasteiger partial charge >= 0.3 is 7.82 Å². The number of nitrogens with zero attached hydrogens (tertiary/aromatic N) is 4. The molecule has 36 heavy (non-hydrogen) atoms. The number of imidazole rings is 1. The summed E-state index contributed by atoms with van der Waals surface area (Å²) < 4.78 is 58.0. The molecule has 2 aromatic heterocycles. The number of aliphatic hydroxyl groups excluding tert-OH is 1. The number of aromatic nitrogens is 4. The van der Waals surface area contributed by atoms with Crippen LogP contribution in [-0.2, 0) is 27.7 Å². The van der Waals surface area contributed by atoms with Crippen molar-refractivity contribution in [1.82, 2.24) is 19.5 Å². The van der Waals surface area contributed by atoms with Crippen molar-refractivity contribution in [3.05, 3.63) is 6.33 Å². The molecule has 0 radical (unpaired) electrons. The Hall–Kier alpha value is -1.87. The molecule has 1 unspecified atom stereocenters. The van der Waals surface area contributed by atoms with E-state index in [-0.39, 0.29) is 53.7 Å². The number of halogens is 1. The SMILES string of the molecule is CCOc1nc(N)nc2c1ncn2[C@@H]1O[C@@H]2COP(=O)(OCCSC(=O)C(C)(C)CO)O[C@H]2[C@@]1(C)F. The maximum absolute atomic E-state index is 16.2. The molecule has 2 fully saturated rings. The first-order valence-corrected chi connectivity index (χ1v) is 13.7. The zero-order chi connectivity index (χ0) is 26.3. The first-order valence-electron chi connectivity index (χ1n) is 11.2. The summed E-state index contributed by atoms with van der Waals surface area (Å²) in [6.45, 7) is 5.87. The molecule has 0 spiro atoms. The van der Waals surface area contributed by atoms with Gasteiger partial charge in [0.15, 0.2) is 28.2 Å². The van der Waals surface area contributed by atoms with Crippen LogP contribution in [0.2, 0.25) is 0 Å². The normalized spacial score (nSPS) is 30.4. The van der Waals surface area contributed by atoms with E-state index >= 15 is 4.39 Å². The smallest absolute Gasteiger partial charge is 0.475 e. The Morgan fingerprint density at radius 1 is 1.47 bits per heavy atom. The van der Waals surface area contributed by atoms with Crippen molar-refractivity contribution in [1.29, 1.82) is 0 Å². The van der Waals surface area contributed by atoms with E-state index in [1.807, 2.05) is 0 Å². The summed E-state index contributed by atoms with van der Waals surface area (Å²) in [5.41, 5.74) is 3.17. The molecule has 0 amide bonds. The molecule has 4 rings (SSSR count). The summed E-state index contributed by atoms with van der Waals surface area (Å²) in [6.07, 6.45) is -2.10. The van der Waals surface area contributed by atoms with Crippen molar-refractivity contribution in [2.75, 3.05) is 37.9 Å². The fourth-order valence-corrected chi connectivity index (χ4v) is 6.16. The minimum atomic E-state index is -4.13. The standard InChI is InChI=1S/C20H29FN5O8PS/c1-5-30-15-12-14(24-18(22)25-15)26(10-23-12)16-20(4,21)13-11(33-16)8-32-35(29,34-13)31-6-7-36-17(28)19(2,3)9-27/h10-11,13,16,27H,5-9H2,1-4H3,(H2,22,24,25)/t11-,13-,16-,20-,35?/m1/s1. The third kappa shape index (κ3) is 5.10. The Balaban J connectivity index is 1.46. The molecule has 0 aliphatic carbocycles. The van der Waals surface area contributed by atoms with Gasteiger partial charge in [-0.2, -0.15) is 9.97 Å². The molecule has 16 heteroatoms. The van der Waals surface area contributed by atoms with Crippen LogP contribution in [0.4, 0.5) is 10.3 Å². The van der Waals surface area contributed by atoms with Gasteiger partial charge in [-0.15, -0.1) is 0 Å². The molecule has 2 aliphatic heterocycles. The molecule has 0 saturated carbocycles. The Kier molecular flexibility index (Phi) is 7.64. The lowest BCUT2D eigenvalue weighted by atomic mass is 9.97. The van der Waals surface area contributed by atoms with Crippen molar-refractivity contribution in [2.24, 2.45) is 5.41 Å². The number of nitrogen functional groups attached to an aromatic ring is 1. The van der Waals surface area contributed by atoms with Crippen molar-refractivity contribution >= 4 is 41.8 Å². The zero-order valence-electron chi connectivity index (χ0n) is 20.2. The molecule has 2 saturated heterocycles. The molecule has 5 atom stereocenters. The molecule has 2 aliphatic rings. The summed E-state index contributed by atoms with van der Waals surface area (Å²) in [5, 5.41) is 9.03. The van der Waals surface area contributed by atoms with Crippen molar-refractivity contribution in [3.8, 4) is 5.88 Å². The number of ether oxygens (including phenoxy) is 2. The minimum Gasteiger partial charge on any atom is -0.476 e. The van der Waals surface area contributed by atoms with Crippen LogP contribution in [-0.4, -0.2) is 79.8 Å². The minimum absolute atomic E-state index is 0.0834. The Morgan fingerprint density at radius 3 is 2.92 bits per heavy atom. The lowest BCUT2D eigenvalue weighted by Crippen LogP contribution is -2.44. The van der Waals surface area contributed by atoms with E-state index in [1.54, 1.807) is 20.8 Å². The van der Waals surface area contributed by atoms with E-state index < -0.39 is 37.3 Å². The second-order valence-electron chi connectivity index (χ2n) is 9.10. The fourth-order valence-electron chi connectivity index (χ4n) is 3.77. The van der Waals surface area contributed by atoms with Gasteiger partial charge in [-0.05, 0) is 27.7 Å². The lowest BCUT2D eigenvalue weighted by Gasteiger charge is -2.33. The number of hydrogen-bond donors (Lipinski definition) is 2. The van der Waals surface area contributed by atoms with Crippen LogP contribution < -0.4 is 10.5 Å². The van der Waals surface area contributed by atoms with E-state index in [1.165, 1.54) is 17.8 Å². The van der Waals surface area contributed by atoms with E-state index in [0.29, 0.717) is 6.61 Å². The first-order chi connectivity index (χ1) is 16.9. The Labute approximate surface area is 210 Å². The molecule has 3 N–H and O–H groups in total. The topological polar surface area (TPSA) is 170 Å². The van der Waals surface area contributed by atoms with Gasteiger partial charge in [0, 0.05) is 5.75 Å². The highest BCUT2D eigenvalue weighted by molar-refractivity contribution is 8.13. The van der Waals surface area contributed by atoms with Gasteiger partial charge in [0.05, 0.1) is 38.2 Å². The van der Waals surface area contributed by atoms with E-state index in [4.69, 9.17) is 28.8 Å². The van der Waals surface area contributed by atoms with Gasteiger partial charge in [0.1, 0.15) is 12.2 Å². The summed E-state index contributed by atoms with van der Waals surface area (Å²) in [7, 11) is -4.13. The van der Waals surface area contributed by atoms with Crippen LogP contribution in [0.15, 0.2) is 6.33 Å². The number of alkyl halides is 1. The molecule has 13 nitrogen and oxygen atoms in total. The van der Waals surface area contributed by atoms with Crippen LogP contribution in [0.5, 0.6) is 5.88 Å². The molecule has 0 bridgehead atoms. The highest BCUT2D eigenvalue weighted by atomic mass is 32.2. The van der Waals surface area contributed by atoms with Gasteiger partial charge in [-0.25, -0.2) is 13.9 Å². The van der Waals surface area contributed by atoms with Gasteiger partial charge in [0.2, 0.25) is 11.8 Å². The largest absolute Gasteiger partial charge is 0.476 e. The average Bonchev–Trinajstić information content (AvgIpc) is 3.34. The number of aliphatic hydroxyl groups is 1. The summed E-state index contributed by atoms with van der Waals surface area (Å²) >= 11 is 0.922. The van der Waals surface area contributed by atoms with E-state index in [9.17, 15) is 14.5 Å². The number of phosphoric acid groups is 1. The Morgan fingerprint density at radius 2 is 2.22 bits per heavy atom. The number of rotatable bonds is 9. The van der Waals surface area contributed by atoms with E-state index in [0.717, 1.165) is 11.8 Å². The van der Waals surface area contributed by atoms with Gasteiger partial charge in [-0.3, -0.25) is 22.9 Å². The molecule has 2 aromatic rings. The predicted molar refractivity (Wildman–Crippen MR) is 127 cm³/mol. The van der Waals surface area contributed by atoms with Crippen LogP contribution in [0.25, 0.3) is 11.2 Å². The molecule has 4 heterocycles. The van der Waals surface area contributed by atoms with Gasteiger partial charge in [-0.1, -0.05) is 11.8 Å². The van der Waals surface area contributed by atoms with Crippen molar-refractivity contribution in [2.45, 2.75) is 51.8 Å². The quantitative estimate of drug-likeness (QED) is 0.345.